The summed E-state index contributed by atoms with van der Waals surface area (Å²) in [5, 5.41) is 0. The molecule has 0 aliphatic rings. The second kappa shape index (κ2) is 4.75. The van der Waals surface area contributed by atoms with E-state index in [1.54, 1.807) is 18.5 Å². The van der Waals surface area contributed by atoms with Gasteiger partial charge < -0.3 is 4.98 Å². The van der Waals surface area contributed by atoms with Gasteiger partial charge in [-0.25, -0.2) is 0 Å². The van der Waals surface area contributed by atoms with E-state index in [0.717, 1.165) is 29.7 Å². The topological polar surface area (TPSA) is 45.8 Å². The number of H-pyrrole nitrogens is 1. The van der Waals surface area contributed by atoms with Crippen molar-refractivity contribution in [2.75, 3.05) is 0 Å². The van der Waals surface area contributed by atoms with Crippen LogP contribution < -0.4 is 5.56 Å². The van der Waals surface area contributed by atoms with Crippen LogP contribution >= 0.6 is 0 Å². The molecule has 2 aromatic rings. The fraction of sp³-hybridized carbons (Fsp3) is 0.231. The minimum Gasteiger partial charge on any atom is -0.326 e. The Bertz CT molecular complexity index is 517. The molecule has 0 radical (unpaired) electrons. The van der Waals surface area contributed by atoms with Crippen molar-refractivity contribution in [3.8, 4) is 11.1 Å². The number of aromatic amines is 1. The predicted octanol–water partition coefficient (Wildman–Crippen LogP) is 2.39. The van der Waals surface area contributed by atoms with E-state index in [0.29, 0.717) is 0 Å². The quantitative estimate of drug-likeness (QED) is 0.852. The lowest BCUT2D eigenvalue weighted by Crippen LogP contribution is -2.08. The van der Waals surface area contributed by atoms with Gasteiger partial charge in [-0.1, -0.05) is 13.3 Å². The first kappa shape index (κ1) is 10.6. The Labute approximate surface area is 94.2 Å². The first-order chi connectivity index (χ1) is 7.81. The normalized spacial score (nSPS) is 10.3. The van der Waals surface area contributed by atoms with E-state index in [9.17, 15) is 4.79 Å². The van der Waals surface area contributed by atoms with Crippen LogP contribution in [-0.2, 0) is 6.42 Å². The molecule has 0 amide bonds. The summed E-state index contributed by atoms with van der Waals surface area (Å²) in [5.74, 6) is 0. The van der Waals surface area contributed by atoms with Crippen LogP contribution in [0.15, 0.2) is 41.5 Å². The highest BCUT2D eigenvalue weighted by molar-refractivity contribution is 5.65. The van der Waals surface area contributed by atoms with Crippen LogP contribution in [0, 0.1) is 0 Å². The molecule has 2 rings (SSSR count). The number of nitrogens with zero attached hydrogens (tertiary/aromatic N) is 1. The maximum Gasteiger partial charge on any atom is 0.248 e. The van der Waals surface area contributed by atoms with Gasteiger partial charge in [-0.2, -0.15) is 0 Å². The summed E-state index contributed by atoms with van der Waals surface area (Å²) in [6.07, 6.45) is 5.41. The van der Waals surface area contributed by atoms with E-state index >= 15 is 0 Å². The minimum atomic E-state index is -0.0405. The van der Waals surface area contributed by atoms with Crippen LogP contribution in [0.5, 0.6) is 0 Å². The maximum absolute atomic E-state index is 11.3. The third-order valence-corrected chi connectivity index (χ3v) is 2.49. The molecule has 0 aromatic carbocycles. The molecule has 3 nitrogen and oxygen atoms in total. The van der Waals surface area contributed by atoms with Crippen LogP contribution in [0.1, 0.15) is 19.0 Å². The summed E-state index contributed by atoms with van der Waals surface area (Å²) in [4.78, 5) is 18.2. The third kappa shape index (κ3) is 2.19. The van der Waals surface area contributed by atoms with Gasteiger partial charge in [-0.05, 0) is 30.2 Å². The largest absolute Gasteiger partial charge is 0.326 e. The zero-order chi connectivity index (χ0) is 11.4. The molecule has 3 heteroatoms. The lowest BCUT2D eigenvalue weighted by Gasteiger charge is -2.07. The molecule has 1 N–H and O–H groups in total. The number of aryl methyl sites for hydroxylation is 1. The highest BCUT2D eigenvalue weighted by atomic mass is 16.1. The second-order valence-corrected chi connectivity index (χ2v) is 3.70. The molecule has 0 aliphatic heterocycles. The number of rotatable bonds is 3. The smallest absolute Gasteiger partial charge is 0.248 e. The number of hydrogen-bond acceptors (Lipinski definition) is 2. The average molecular weight is 214 g/mol. The lowest BCUT2D eigenvalue weighted by atomic mass is 10.0. The first-order valence-corrected chi connectivity index (χ1v) is 5.44. The van der Waals surface area contributed by atoms with Crippen LogP contribution in [0.4, 0.5) is 0 Å². The van der Waals surface area contributed by atoms with Crippen LogP contribution in [-0.4, -0.2) is 9.97 Å². The van der Waals surface area contributed by atoms with E-state index in [1.807, 2.05) is 18.2 Å². The molecule has 0 fully saturated rings. The highest BCUT2D eigenvalue weighted by Crippen LogP contribution is 2.21. The van der Waals surface area contributed by atoms with E-state index in [4.69, 9.17) is 0 Å². The van der Waals surface area contributed by atoms with Crippen molar-refractivity contribution >= 4 is 0 Å². The fourth-order valence-electron chi connectivity index (χ4n) is 1.77. The van der Waals surface area contributed by atoms with Gasteiger partial charge in [0.2, 0.25) is 5.56 Å². The SMILES string of the molecule is CCCc1[nH]c(=O)ccc1-c1ccncc1. The van der Waals surface area contributed by atoms with Crippen LogP contribution in [0.3, 0.4) is 0 Å². The van der Waals surface area contributed by atoms with Gasteiger partial charge in [0.05, 0.1) is 0 Å². The Balaban J connectivity index is 2.52. The first-order valence-electron chi connectivity index (χ1n) is 5.44. The molecule has 2 aromatic heterocycles. The molecule has 0 unspecified atom stereocenters. The van der Waals surface area contributed by atoms with E-state index in [-0.39, 0.29) is 5.56 Å². The van der Waals surface area contributed by atoms with Gasteiger partial charge >= 0.3 is 0 Å². The summed E-state index contributed by atoms with van der Waals surface area (Å²) in [7, 11) is 0. The molecule has 0 aliphatic carbocycles. The van der Waals surface area contributed by atoms with Gasteiger partial charge in [0.15, 0.2) is 0 Å². The number of hydrogen-bond donors (Lipinski definition) is 1. The molecule has 0 bridgehead atoms. The van der Waals surface area contributed by atoms with Crippen molar-refractivity contribution in [2.24, 2.45) is 0 Å². The number of nitrogens with one attached hydrogen (secondary N) is 1. The third-order valence-electron chi connectivity index (χ3n) is 2.49. The van der Waals surface area contributed by atoms with E-state index in [2.05, 4.69) is 16.9 Å². The van der Waals surface area contributed by atoms with Crippen molar-refractivity contribution in [3.05, 3.63) is 52.7 Å². The molecule has 2 heterocycles. The van der Waals surface area contributed by atoms with Gasteiger partial charge in [-0.15, -0.1) is 0 Å². The molecule has 82 valence electrons. The Hall–Kier alpha value is -1.90. The zero-order valence-corrected chi connectivity index (χ0v) is 9.23. The molecule has 0 saturated heterocycles. The summed E-state index contributed by atoms with van der Waals surface area (Å²) in [5.41, 5.74) is 3.14. The van der Waals surface area contributed by atoms with E-state index in [1.165, 1.54) is 0 Å². The fourth-order valence-corrected chi connectivity index (χ4v) is 1.77. The van der Waals surface area contributed by atoms with Crippen molar-refractivity contribution in [3.63, 3.8) is 0 Å². The average Bonchev–Trinajstić information content (AvgIpc) is 2.31. The van der Waals surface area contributed by atoms with Gasteiger partial charge in [0.1, 0.15) is 0 Å². The summed E-state index contributed by atoms with van der Waals surface area (Å²) in [6.45, 7) is 2.10. The molecule has 16 heavy (non-hydrogen) atoms. The predicted molar refractivity (Wildman–Crippen MR) is 64.3 cm³/mol. The summed E-state index contributed by atoms with van der Waals surface area (Å²) in [6, 6.07) is 7.34. The van der Waals surface area contributed by atoms with Crippen molar-refractivity contribution in [1.29, 1.82) is 0 Å². The monoisotopic (exact) mass is 214 g/mol. The molecule has 0 atom stereocenters. The zero-order valence-electron chi connectivity index (χ0n) is 9.23. The Morgan fingerprint density at radius 1 is 1.19 bits per heavy atom. The van der Waals surface area contributed by atoms with E-state index < -0.39 is 0 Å². The standard InChI is InChI=1S/C13H14N2O/c1-2-3-12-11(4-5-13(16)15-12)10-6-8-14-9-7-10/h4-9H,2-3H2,1H3,(H,15,16). The van der Waals surface area contributed by atoms with Crippen molar-refractivity contribution in [1.82, 2.24) is 9.97 Å². The van der Waals surface area contributed by atoms with Crippen molar-refractivity contribution < 1.29 is 0 Å². The number of aromatic nitrogens is 2. The Kier molecular flexibility index (Phi) is 3.15. The van der Waals surface area contributed by atoms with Gasteiger partial charge in [0.25, 0.3) is 0 Å². The van der Waals surface area contributed by atoms with Crippen LogP contribution in [0.25, 0.3) is 11.1 Å². The Morgan fingerprint density at radius 3 is 2.62 bits per heavy atom. The molecule has 0 spiro atoms. The van der Waals surface area contributed by atoms with Gasteiger partial charge in [0, 0.05) is 29.7 Å². The molecular weight excluding hydrogens is 200 g/mol. The highest BCUT2D eigenvalue weighted by Gasteiger charge is 2.04. The minimum absolute atomic E-state index is 0.0405. The molecule has 0 saturated carbocycles. The van der Waals surface area contributed by atoms with Gasteiger partial charge in [-0.3, -0.25) is 9.78 Å². The molecular formula is C13H14N2O. The second-order valence-electron chi connectivity index (χ2n) is 3.70. The number of pyridine rings is 2. The Morgan fingerprint density at radius 2 is 1.94 bits per heavy atom. The van der Waals surface area contributed by atoms with Crippen molar-refractivity contribution in [2.45, 2.75) is 19.8 Å². The lowest BCUT2D eigenvalue weighted by molar-refractivity contribution is 0.877. The summed E-state index contributed by atoms with van der Waals surface area (Å²) >= 11 is 0. The van der Waals surface area contributed by atoms with Crippen LogP contribution in [0.2, 0.25) is 0 Å². The maximum atomic E-state index is 11.3. The summed E-state index contributed by atoms with van der Waals surface area (Å²) < 4.78 is 0.